The van der Waals surface area contributed by atoms with Crippen molar-refractivity contribution in [3.05, 3.63) is 52.6 Å². The summed E-state index contributed by atoms with van der Waals surface area (Å²) in [6.45, 7) is 1.86. The molecule has 1 aromatic heterocycles. The summed E-state index contributed by atoms with van der Waals surface area (Å²) in [5, 5.41) is 5.76. The number of imidazole rings is 1. The molecule has 0 saturated heterocycles. The van der Waals surface area contributed by atoms with Crippen LogP contribution < -0.4 is 10.6 Å². The van der Waals surface area contributed by atoms with Crippen molar-refractivity contribution in [2.24, 2.45) is 0 Å². The number of hydrogen-bond donors (Lipinski definition) is 3. The van der Waals surface area contributed by atoms with Gasteiger partial charge >= 0.3 is 0 Å². The van der Waals surface area contributed by atoms with Gasteiger partial charge in [0.15, 0.2) is 0 Å². The number of carbonyl (C=O) groups excluding carboxylic acids is 2. The number of aryl methyl sites for hydroxylation is 1. The first-order valence-corrected chi connectivity index (χ1v) is 7.15. The maximum absolute atomic E-state index is 12.3. The van der Waals surface area contributed by atoms with Crippen LogP contribution in [-0.4, -0.2) is 34.9 Å². The molecule has 0 aliphatic rings. The maximum atomic E-state index is 12.3. The van der Waals surface area contributed by atoms with Crippen LogP contribution in [-0.2, 0) is 11.2 Å². The Labute approximate surface area is 133 Å². The number of H-pyrrole nitrogens is 1. The van der Waals surface area contributed by atoms with E-state index in [4.69, 9.17) is 11.6 Å². The van der Waals surface area contributed by atoms with Crippen molar-refractivity contribution in [2.75, 3.05) is 7.05 Å². The summed E-state index contributed by atoms with van der Waals surface area (Å²) in [4.78, 5) is 31.0. The average molecular weight is 321 g/mol. The van der Waals surface area contributed by atoms with Crippen LogP contribution in [0.3, 0.4) is 0 Å². The van der Waals surface area contributed by atoms with Crippen molar-refractivity contribution in [2.45, 2.75) is 19.4 Å². The molecule has 0 fully saturated rings. The molecule has 1 aromatic carbocycles. The van der Waals surface area contributed by atoms with Gasteiger partial charge in [0.05, 0.1) is 6.33 Å². The number of aromatic amines is 1. The standard InChI is InChI=1S/C15H17ClN4O2/c1-9-3-4-10(5-12(9)16)14(21)20-13(15(22)17-2)6-11-7-18-8-19-11/h3-5,7-8,13H,6H2,1-2H3,(H,17,22)(H,18,19)(H,20,21)/t13-/m1/s1. The molecule has 22 heavy (non-hydrogen) atoms. The summed E-state index contributed by atoms with van der Waals surface area (Å²) in [7, 11) is 1.52. The lowest BCUT2D eigenvalue weighted by molar-refractivity contribution is -0.122. The van der Waals surface area contributed by atoms with E-state index in [1.54, 1.807) is 24.4 Å². The number of nitrogens with one attached hydrogen (secondary N) is 3. The lowest BCUT2D eigenvalue weighted by Gasteiger charge is -2.17. The van der Waals surface area contributed by atoms with E-state index in [0.29, 0.717) is 17.0 Å². The summed E-state index contributed by atoms with van der Waals surface area (Å²) in [5.41, 5.74) is 2.06. The Morgan fingerprint density at radius 2 is 2.18 bits per heavy atom. The molecule has 116 valence electrons. The Morgan fingerprint density at radius 1 is 1.41 bits per heavy atom. The van der Waals surface area contributed by atoms with E-state index in [1.807, 2.05) is 6.92 Å². The number of benzene rings is 1. The molecule has 0 aliphatic carbocycles. The number of amides is 2. The minimum atomic E-state index is -0.696. The monoisotopic (exact) mass is 320 g/mol. The highest BCUT2D eigenvalue weighted by Crippen LogP contribution is 2.16. The molecule has 0 spiro atoms. The molecular weight excluding hydrogens is 304 g/mol. The van der Waals surface area contributed by atoms with Crippen molar-refractivity contribution in [3.8, 4) is 0 Å². The summed E-state index contributed by atoms with van der Waals surface area (Å²) in [5.74, 6) is -0.629. The number of likely N-dealkylation sites (N-methyl/N-ethyl adjacent to an activating group) is 1. The van der Waals surface area contributed by atoms with E-state index in [2.05, 4.69) is 20.6 Å². The second kappa shape index (κ2) is 7.09. The van der Waals surface area contributed by atoms with Crippen molar-refractivity contribution < 1.29 is 9.59 Å². The van der Waals surface area contributed by atoms with Crippen LogP contribution in [0.5, 0.6) is 0 Å². The predicted molar refractivity (Wildman–Crippen MR) is 83.8 cm³/mol. The molecule has 3 N–H and O–H groups in total. The molecule has 2 aromatic rings. The van der Waals surface area contributed by atoms with Crippen LogP contribution in [0.15, 0.2) is 30.7 Å². The van der Waals surface area contributed by atoms with Gasteiger partial charge < -0.3 is 15.6 Å². The molecule has 0 radical (unpaired) electrons. The smallest absolute Gasteiger partial charge is 0.251 e. The minimum absolute atomic E-state index is 0.277. The predicted octanol–water partition coefficient (Wildman–Crippen LogP) is 1.46. The zero-order chi connectivity index (χ0) is 16.1. The minimum Gasteiger partial charge on any atom is -0.357 e. The van der Waals surface area contributed by atoms with Crippen LogP contribution in [0.2, 0.25) is 5.02 Å². The van der Waals surface area contributed by atoms with Crippen molar-refractivity contribution in [1.82, 2.24) is 20.6 Å². The van der Waals surface area contributed by atoms with Gasteiger partial charge in [-0.15, -0.1) is 0 Å². The number of carbonyl (C=O) groups is 2. The lowest BCUT2D eigenvalue weighted by atomic mass is 10.1. The van der Waals surface area contributed by atoms with Gasteiger partial charge in [0, 0.05) is 35.9 Å². The van der Waals surface area contributed by atoms with Crippen LogP contribution in [0.4, 0.5) is 0 Å². The number of halogens is 1. The third-order valence-electron chi connectivity index (χ3n) is 3.28. The normalized spacial score (nSPS) is 11.8. The highest BCUT2D eigenvalue weighted by Gasteiger charge is 2.21. The zero-order valence-corrected chi connectivity index (χ0v) is 13.1. The Balaban J connectivity index is 2.13. The third kappa shape index (κ3) is 3.85. The summed E-state index contributed by atoms with van der Waals surface area (Å²) < 4.78 is 0. The second-order valence-electron chi connectivity index (χ2n) is 4.89. The van der Waals surface area contributed by atoms with E-state index in [-0.39, 0.29) is 11.8 Å². The van der Waals surface area contributed by atoms with Gasteiger partial charge in [-0.25, -0.2) is 4.98 Å². The van der Waals surface area contributed by atoms with E-state index in [9.17, 15) is 9.59 Å². The first kappa shape index (κ1) is 16.0. The second-order valence-corrected chi connectivity index (χ2v) is 5.29. The summed E-state index contributed by atoms with van der Waals surface area (Å²) in [6, 6.07) is 4.33. The first-order valence-electron chi connectivity index (χ1n) is 6.77. The number of aromatic nitrogens is 2. The quantitative estimate of drug-likeness (QED) is 0.779. The van der Waals surface area contributed by atoms with E-state index < -0.39 is 6.04 Å². The highest BCUT2D eigenvalue weighted by atomic mass is 35.5. The topological polar surface area (TPSA) is 86.9 Å². The third-order valence-corrected chi connectivity index (χ3v) is 3.69. The van der Waals surface area contributed by atoms with Gasteiger partial charge in [-0.3, -0.25) is 9.59 Å². The molecule has 7 heteroatoms. The molecule has 6 nitrogen and oxygen atoms in total. The first-order chi connectivity index (χ1) is 10.5. The van der Waals surface area contributed by atoms with Crippen LogP contribution >= 0.6 is 11.6 Å². The molecule has 2 amide bonds. The Hall–Kier alpha value is -2.34. The zero-order valence-electron chi connectivity index (χ0n) is 12.3. The van der Waals surface area contributed by atoms with Gasteiger partial charge in [0.2, 0.25) is 5.91 Å². The SMILES string of the molecule is CNC(=O)[C@@H](Cc1cnc[nH]1)NC(=O)c1ccc(C)c(Cl)c1. The Bertz CT molecular complexity index is 670. The molecular formula is C15H17ClN4O2. The van der Waals surface area contributed by atoms with Gasteiger partial charge in [-0.1, -0.05) is 17.7 Å². The number of nitrogens with zero attached hydrogens (tertiary/aromatic N) is 1. The fourth-order valence-corrected chi connectivity index (χ4v) is 2.16. The molecule has 0 bridgehead atoms. The Morgan fingerprint density at radius 3 is 2.77 bits per heavy atom. The van der Waals surface area contributed by atoms with Crippen molar-refractivity contribution >= 4 is 23.4 Å². The van der Waals surface area contributed by atoms with Crippen molar-refractivity contribution in [1.29, 1.82) is 0 Å². The van der Waals surface area contributed by atoms with Crippen LogP contribution in [0.25, 0.3) is 0 Å². The number of hydrogen-bond acceptors (Lipinski definition) is 3. The molecule has 0 aliphatic heterocycles. The fraction of sp³-hybridized carbons (Fsp3) is 0.267. The molecule has 1 atom stereocenters. The Kier molecular flexibility index (Phi) is 5.16. The van der Waals surface area contributed by atoms with Gasteiger partial charge in [0.1, 0.15) is 6.04 Å². The molecule has 2 rings (SSSR count). The van der Waals surface area contributed by atoms with E-state index in [0.717, 1.165) is 11.3 Å². The van der Waals surface area contributed by atoms with Gasteiger partial charge in [-0.2, -0.15) is 0 Å². The number of rotatable bonds is 5. The molecule has 0 saturated carbocycles. The van der Waals surface area contributed by atoms with E-state index >= 15 is 0 Å². The van der Waals surface area contributed by atoms with Gasteiger partial charge in [0.25, 0.3) is 5.91 Å². The van der Waals surface area contributed by atoms with Crippen LogP contribution in [0.1, 0.15) is 21.6 Å². The lowest BCUT2D eigenvalue weighted by Crippen LogP contribution is -2.47. The average Bonchev–Trinajstić information content (AvgIpc) is 3.01. The fourth-order valence-electron chi connectivity index (χ4n) is 1.98. The van der Waals surface area contributed by atoms with Crippen molar-refractivity contribution in [3.63, 3.8) is 0 Å². The largest absolute Gasteiger partial charge is 0.357 e. The summed E-state index contributed by atoms with van der Waals surface area (Å²) >= 11 is 6.03. The van der Waals surface area contributed by atoms with Gasteiger partial charge in [-0.05, 0) is 24.6 Å². The highest BCUT2D eigenvalue weighted by molar-refractivity contribution is 6.31. The van der Waals surface area contributed by atoms with E-state index in [1.165, 1.54) is 13.4 Å². The molecule has 1 heterocycles. The summed E-state index contributed by atoms with van der Waals surface area (Å²) in [6.07, 6.45) is 3.47. The maximum Gasteiger partial charge on any atom is 0.251 e. The van der Waals surface area contributed by atoms with Crippen LogP contribution in [0, 0.1) is 6.92 Å². The molecule has 0 unspecified atom stereocenters.